The fraction of sp³-hybridized carbons (Fsp3) is 0.273. The number of aliphatic hydroxyl groups is 1. The lowest BCUT2D eigenvalue weighted by atomic mass is 10.2. The molecule has 16 heavy (non-hydrogen) atoms. The molecule has 5 nitrogen and oxygen atoms in total. The summed E-state index contributed by atoms with van der Waals surface area (Å²) in [7, 11) is 0. The number of esters is 2. The van der Waals surface area contributed by atoms with Gasteiger partial charge in [-0.2, -0.15) is 0 Å². The van der Waals surface area contributed by atoms with Crippen molar-refractivity contribution in [2.24, 2.45) is 0 Å². The summed E-state index contributed by atoms with van der Waals surface area (Å²) >= 11 is 0. The van der Waals surface area contributed by atoms with Gasteiger partial charge in [0.25, 0.3) is 0 Å². The number of hydrogen-bond acceptors (Lipinski definition) is 5. The summed E-state index contributed by atoms with van der Waals surface area (Å²) in [5, 5.41) is 8.51. The van der Waals surface area contributed by atoms with Crippen LogP contribution >= 0.6 is 0 Å². The lowest BCUT2D eigenvalue weighted by Gasteiger charge is -2.07. The number of carbonyl (C=O) groups is 2. The number of ether oxygens (including phenoxy) is 2. The van der Waals surface area contributed by atoms with Gasteiger partial charge in [0.1, 0.15) is 17.9 Å². The van der Waals surface area contributed by atoms with Crippen molar-refractivity contribution in [2.75, 3.05) is 13.2 Å². The SMILES string of the molecule is CC(=O)Oc1ccccc1C(=O)OCCO. The Morgan fingerprint density at radius 2 is 2.00 bits per heavy atom. The van der Waals surface area contributed by atoms with E-state index in [2.05, 4.69) is 0 Å². The highest BCUT2D eigenvalue weighted by Crippen LogP contribution is 2.18. The maximum absolute atomic E-state index is 11.5. The average molecular weight is 224 g/mol. The molecule has 5 heteroatoms. The van der Waals surface area contributed by atoms with E-state index in [0.29, 0.717) is 0 Å². The Balaban J connectivity index is 2.85. The number of aliphatic hydroxyl groups excluding tert-OH is 1. The van der Waals surface area contributed by atoms with Gasteiger partial charge in [0.15, 0.2) is 0 Å². The van der Waals surface area contributed by atoms with Crippen molar-refractivity contribution in [1.82, 2.24) is 0 Å². The average Bonchev–Trinajstić information content (AvgIpc) is 2.26. The lowest BCUT2D eigenvalue weighted by molar-refractivity contribution is -0.131. The standard InChI is InChI=1S/C11H12O5/c1-8(13)16-10-5-3-2-4-9(10)11(14)15-7-6-12/h2-5,12H,6-7H2,1H3. The molecule has 1 aromatic rings. The summed E-state index contributed by atoms with van der Waals surface area (Å²) in [6.07, 6.45) is 0. The van der Waals surface area contributed by atoms with Gasteiger partial charge in [0.05, 0.1) is 6.61 Å². The van der Waals surface area contributed by atoms with Crippen molar-refractivity contribution in [1.29, 1.82) is 0 Å². The molecule has 0 heterocycles. The van der Waals surface area contributed by atoms with Gasteiger partial charge in [-0.15, -0.1) is 0 Å². The summed E-state index contributed by atoms with van der Waals surface area (Å²) in [6, 6.07) is 6.25. The largest absolute Gasteiger partial charge is 0.460 e. The predicted octanol–water partition coefficient (Wildman–Crippen LogP) is 0.761. The lowest BCUT2D eigenvalue weighted by Crippen LogP contribution is -2.12. The Kier molecular flexibility index (Phi) is 4.47. The first-order valence-corrected chi connectivity index (χ1v) is 4.70. The highest BCUT2D eigenvalue weighted by atomic mass is 16.6. The molecule has 1 aromatic carbocycles. The Morgan fingerprint density at radius 1 is 1.31 bits per heavy atom. The predicted molar refractivity (Wildman–Crippen MR) is 55.1 cm³/mol. The van der Waals surface area contributed by atoms with Crippen LogP contribution < -0.4 is 4.74 Å². The van der Waals surface area contributed by atoms with Crippen molar-refractivity contribution >= 4 is 11.9 Å². The topological polar surface area (TPSA) is 72.8 Å². The molecule has 0 bridgehead atoms. The van der Waals surface area contributed by atoms with Gasteiger partial charge in [-0.3, -0.25) is 4.79 Å². The number of hydrogen-bond donors (Lipinski definition) is 1. The van der Waals surface area contributed by atoms with E-state index in [1.165, 1.54) is 19.1 Å². The molecule has 0 atom stereocenters. The monoisotopic (exact) mass is 224 g/mol. The molecule has 1 N–H and O–H groups in total. The third-order valence-corrected chi connectivity index (χ3v) is 1.69. The molecular formula is C11H12O5. The van der Waals surface area contributed by atoms with Gasteiger partial charge in [-0.05, 0) is 12.1 Å². The molecule has 0 saturated carbocycles. The number of rotatable bonds is 4. The summed E-state index contributed by atoms with van der Waals surface area (Å²) in [5.41, 5.74) is 0.158. The summed E-state index contributed by atoms with van der Waals surface area (Å²) in [5.74, 6) is -0.994. The quantitative estimate of drug-likeness (QED) is 0.603. The Morgan fingerprint density at radius 3 is 2.62 bits per heavy atom. The van der Waals surface area contributed by atoms with Gasteiger partial charge in [0.2, 0.25) is 0 Å². The fourth-order valence-corrected chi connectivity index (χ4v) is 1.10. The maximum Gasteiger partial charge on any atom is 0.342 e. The first kappa shape index (κ1) is 12.2. The fourth-order valence-electron chi connectivity index (χ4n) is 1.10. The zero-order valence-corrected chi connectivity index (χ0v) is 8.80. The Labute approximate surface area is 92.6 Å². The molecular weight excluding hydrogens is 212 g/mol. The highest BCUT2D eigenvalue weighted by Gasteiger charge is 2.14. The van der Waals surface area contributed by atoms with Crippen LogP contribution in [0.3, 0.4) is 0 Å². The van der Waals surface area contributed by atoms with E-state index in [1.54, 1.807) is 12.1 Å². The summed E-state index contributed by atoms with van der Waals surface area (Å²) in [6.45, 7) is 0.907. The van der Waals surface area contributed by atoms with Crippen LogP contribution in [-0.4, -0.2) is 30.3 Å². The minimum Gasteiger partial charge on any atom is -0.460 e. The maximum atomic E-state index is 11.5. The van der Waals surface area contributed by atoms with Crippen LogP contribution in [0.15, 0.2) is 24.3 Å². The van der Waals surface area contributed by atoms with Crippen LogP contribution in [-0.2, 0) is 9.53 Å². The minimum absolute atomic E-state index is 0.0900. The van der Waals surface area contributed by atoms with Crippen LogP contribution in [0.25, 0.3) is 0 Å². The molecule has 86 valence electrons. The molecule has 0 aliphatic rings. The van der Waals surface area contributed by atoms with E-state index in [1.807, 2.05) is 0 Å². The third-order valence-electron chi connectivity index (χ3n) is 1.69. The van der Waals surface area contributed by atoms with Crippen molar-refractivity contribution in [3.8, 4) is 5.75 Å². The van der Waals surface area contributed by atoms with Gasteiger partial charge >= 0.3 is 11.9 Å². The van der Waals surface area contributed by atoms with Crippen LogP contribution in [0.5, 0.6) is 5.75 Å². The second kappa shape index (κ2) is 5.87. The normalized spacial score (nSPS) is 9.62. The smallest absolute Gasteiger partial charge is 0.342 e. The number of para-hydroxylation sites is 1. The first-order valence-electron chi connectivity index (χ1n) is 4.70. The van der Waals surface area contributed by atoms with Crippen molar-refractivity contribution < 1.29 is 24.2 Å². The van der Waals surface area contributed by atoms with Crippen LogP contribution in [0, 0.1) is 0 Å². The molecule has 0 unspecified atom stereocenters. The second-order valence-corrected chi connectivity index (χ2v) is 2.95. The van der Waals surface area contributed by atoms with E-state index >= 15 is 0 Å². The van der Waals surface area contributed by atoms with Crippen molar-refractivity contribution in [3.05, 3.63) is 29.8 Å². The molecule has 0 amide bonds. The van der Waals surface area contributed by atoms with E-state index < -0.39 is 11.9 Å². The van der Waals surface area contributed by atoms with Gasteiger partial charge in [-0.25, -0.2) is 4.79 Å². The Bertz CT molecular complexity index is 386. The minimum atomic E-state index is -0.633. The first-order chi connectivity index (χ1) is 7.65. The van der Waals surface area contributed by atoms with E-state index in [4.69, 9.17) is 14.6 Å². The zero-order chi connectivity index (χ0) is 12.0. The molecule has 0 saturated heterocycles. The molecule has 0 aliphatic carbocycles. The third kappa shape index (κ3) is 3.36. The van der Waals surface area contributed by atoms with E-state index in [9.17, 15) is 9.59 Å². The van der Waals surface area contributed by atoms with E-state index in [-0.39, 0.29) is 24.5 Å². The summed E-state index contributed by atoms with van der Waals surface area (Å²) < 4.78 is 9.56. The molecule has 0 spiro atoms. The van der Waals surface area contributed by atoms with Crippen molar-refractivity contribution in [3.63, 3.8) is 0 Å². The van der Waals surface area contributed by atoms with Crippen LogP contribution in [0.4, 0.5) is 0 Å². The van der Waals surface area contributed by atoms with Crippen LogP contribution in [0.1, 0.15) is 17.3 Å². The molecule has 1 rings (SSSR count). The molecule has 0 fully saturated rings. The molecule has 0 radical (unpaired) electrons. The highest BCUT2D eigenvalue weighted by molar-refractivity contribution is 5.93. The molecule has 0 aromatic heterocycles. The zero-order valence-electron chi connectivity index (χ0n) is 8.80. The molecule has 0 aliphatic heterocycles. The van der Waals surface area contributed by atoms with Gasteiger partial charge < -0.3 is 14.6 Å². The number of carbonyl (C=O) groups excluding carboxylic acids is 2. The van der Waals surface area contributed by atoms with Gasteiger partial charge in [0, 0.05) is 6.92 Å². The van der Waals surface area contributed by atoms with Crippen LogP contribution in [0.2, 0.25) is 0 Å². The summed E-state index contributed by atoms with van der Waals surface area (Å²) in [4.78, 5) is 22.3. The van der Waals surface area contributed by atoms with Gasteiger partial charge in [-0.1, -0.05) is 12.1 Å². The Hall–Kier alpha value is -1.88. The van der Waals surface area contributed by atoms with E-state index in [0.717, 1.165) is 0 Å². The number of benzene rings is 1. The van der Waals surface area contributed by atoms with Crippen molar-refractivity contribution in [2.45, 2.75) is 6.92 Å². The second-order valence-electron chi connectivity index (χ2n) is 2.95.